The van der Waals surface area contributed by atoms with E-state index >= 15 is 0 Å². The molecule has 0 unspecified atom stereocenters. The van der Waals surface area contributed by atoms with Crippen molar-refractivity contribution < 1.29 is 0 Å². The minimum Gasteiger partial charge on any atom is -0.314 e. The van der Waals surface area contributed by atoms with E-state index in [-0.39, 0.29) is 24.8 Å². The Kier molecular flexibility index (Phi) is 7.63. The molecule has 6 heteroatoms. The van der Waals surface area contributed by atoms with Crippen LogP contribution in [-0.2, 0) is 0 Å². The van der Waals surface area contributed by atoms with Crippen LogP contribution >= 0.6 is 36.2 Å². The van der Waals surface area contributed by atoms with Gasteiger partial charge in [0, 0.05) is 36.8 Å². The Morgan fingerprint density at radius 2 is 1.90 bits per heavy atom. The van der Waals surface area contributed by atoms with Crippen molar-refractivity contribution in [1.82, 2.24) is 15.2 Å². The number of hydrogen-bond acceptors (Lipinski definition) is 4. The number of nitrogens with zero attached hydrogens (tertiary/aromatic N) is 2. The van der Waals surface area contributed by atoms with Crippen LogP contribution < -0.4 is 5.32 Å². The van der Waals surface area contributed by atoms with E-state index < -0.39 is 0 Å². The van der Waals surface area contributed by atoms with E-state index in [1.165, 1.54) is 10.6 Å². The number of thiophene rings is 1. The Balaban J connectivity index is 0.00000110. The molecule has 0 aliphatic carbocycles. The van der Waals surface area contributed by atoms with Crippen molar-refractivity contribution in [2.24, 2.45) is 0 Å². The fourth-order valence-corrected chi connectivity index (χ4v) is 3.49. The van der Waals surface area contributed by atoms with Crippen molar-refractivity contribution in [3.05, 3.63) is 52.0 Å². The first-order valence-corrected chi connectivity index (χ1v) is 7.64. The van der Waals surface area contributed by atoms with E-state index in [1.54, 1.807) is 0 Å². The molecule has 21 heavy (non-hydrogen) atoms. The van der Waals surface area contributed by atoms with E-state index in [2.05, 4.69) is 52.9 Å². The van der Waals surface area contributed by atoms with Crippen molar-refractivity contribution in [3.63, 3.8) is 0 Å². The van der Waals surface area contributed by atoms with Crippen LogP contribution in [0.4, 0.5) is 0 Å². The lowest BCUT2D eigenvalue weighted by atomic mass is 10.1. The summed E-state index contributed by atoms with van der Waals surface area (Å²) in [6, 6.07) is 11.0. The maximum absolute atomic E-state index is 4.75. The molecule has 1 aliphatic rings. The van der Waals surface area contributed by atoms with Gasteiger partial charge >= 0.3 is 0 Å². The van der Waals surface area contributed by atoms with Crippen LogP contribution in [0, 0.1) is 6.92 Å². The van der Waals surface area contributed by atoms with Crippen LogP contribution in [-0.4, -0.2) is 36.1 Å². The lowest BCUT2D eigenvalue weighted by Gasteiger charge is -2.34. The Hall–Kier alpha value is -0.650. The molecule has 2 aromatic heterocycles. The van der Waals surface area contributed by atoms with Gasteiger partial charge in [0.1, 0.15) is 0 Å². The van der Waals surface area contributed by atoms with Crippen LogP contribution in [0.25, 0.3) is 0 Å². The number of rotatable bonds is 3. The van der Waals surface area contributed by atoms with Crippen molar-refractivity contribution in [2.45, 2.75) is 13.0 Å². The van der Waals surface area contributed by atoms with Gasteiger partial charge in [0.05, 0.1) is 11.7 Å². The number of pyridine rings is 1. The number of aromatic nitrogens is 1. The molecule has 2 aromatic rings. The molecule has 0 spiro atoms. The number of hydrogen-bond donors (Lipinski definition) is 1. The molecule has 0 radical (unpaired) electrons. The van der Waals surface area contributed by atoms with Gasteiger partial charge < -0.3 is 5.32 Å². The molecular formula is C15H21Cl2N3S. The third-order valence-corrected chi connectivity index (χ3v) is 4.44. The molecule has 1 fully saturated rings. The van der Waals surface area contributed by atoms with Gasteiger partial charge in [-0.05, 0) is 30.5 Å². The molecule has 1 atom stereocenters. The molecule has 0 amide bonds. The number of halogens is 2. The van der Waals surface area contributed by atoms with E-state index in [9.17, 15) is 0 Å². The highest BCUT2D eigenvalue weighted by Crippen LogP contribution is 2.30. The number of aryl methyl sites for hydroxylation is 1. The van der Waals surface area contributed by atoms with Crippen molar-refractivity contribution in [2.75, 3.05) is 26.2 Å². The molecule has 0 bridgehead atoms. The van der Waals surface area contributed by atoms with Gasteiger partial charge in [-0.3, -0.25) is 9.88 Å². The summed E-state index contributed by atoms with van der Waals surface area (Å²) in [6.07, 6.45) is 0. The van der Waals surface area contributed by atoms with Gasteiger partial charge in [-0.15, -0.1) is 36.2 Å². The largest absolute Gasteiger partial charge is 0.314 e. The Bertz CT molecular complexity index is 527. The van der Waals surface area contributed by atoms with Crippen LogP contribution in [0.5, 0.6) is 0 Å². The zero-order chi connectivity index (χ0) is 13.1. The van der Waals surface area contributed by atoms with Crippen LogP contribution in [0.2, 0.25) is 0 Å². The average Bonchev–Trinajstić information content (AvgIpc) is 2.94. The summed E-state index contributed by atoms with van der Waals surface area (Å²) in [4.78, 5) is 8.67. The maximum atomic E-state index is 4.75. The van der Waals surface area contributed by atoms with Crippen molar-refractivity contribution in [3.8, 4) is 0 Å². The SMILES string of the molecule is Cc1cccc([C@@H](c2cccs2)N2CCNCC2)n1.Cl.Cl. The second kappa shape index (κ2) is 8.71. The lowest BCUT2D eigenvalue weighted by molar-refractivity contribution is 0.197. The van der Waals surface area contributed by atoms with E-state index in [0.717, 1.165) is 31.9 Å². The second-order valence-corrected chi connectivity index (χ2v) is 5.89. The summed E-state index contributed by atoms with van der Waals surface area (Å²) in [7, 11) is 0. The molecule has 3 nitrogen and oxygen atoms in total. The molecule has 116 valence electrons. The second-order valence-electron chi connectivity index (χ2n) is 4.91. The summed E-state index contributed by atoms with van der Waals surface area (Å²) in [5.41, 5.74) is 2.26. The minimum atomic E-state index is 0. The summed E-state index contributed by atoms with van der Waals surface area (Å²) in [5.74, 6) is 0. The molecule has 1 saturated heterocycles. The van der Waals surface area contributed by atoms with Crippen LogP contribution in [0.3, 0.4) is 0 Å². The highest BCUT2D eigenvalue weighted by Gasteiger charge is 2.25. The van der Waals surface area contributed by atoms with Gasteiger partial charge in [0.2, 0.25) is 0 Å². The molecular weight excluding hydrogens is 325 g/mol. The van der Waals surface area contributed by atoms with E-state index in [0.29, 0.717) is 6.04 Å². The Labute approximate surface area is 142 Å². The van der Waals surface area contributed by atoms with Gasteiger partial charge in [-0.1, -0.05) is 12.1 Å². The smallest absolute Gasteiger partial charge is 0.0870 e. The predicted molar refractivity (Wildman–Crippen MR) is 94.1 cm³/mol. The van der Waals surface area contributed by atoms with Crippen molar-refractivity contribution in [1.29, 1.82) is 0 Å². The Morgan fingerprint density at radius 3 is 2.52 bits per heavy atom. The predicted octanol–water partition coefficient (Wildman–Crippen LogP) is 3.29. The average molecular weight is 346 g/mol. The maximum Gasteiger partial charge on any atom is 0.0870 e. The van der Waals surface area contributed by atoms with Crippen LogP contribution in [0.1, 0.15) is 22.3 Å². The lowest BCUT2D eigenvalue weighted by Crippen LogP contribution is -2.45. The van der Waals surface area contributed by atoms with Gasteiger partial charge in [0.15, 0.2) is 0 Å². The minimum absolute atomic E-state index is 0. The molecule has 0 aromatic carbocycles. The quantitative estimate of drug-likeness (QED) is 0.924. The summed E-state index contributed by atoms with van der Waals surface area (Å²) < 4.78 is 0. The fraction of sp³-hybridized carbons (Fsp3) is 0.400. The summed E-state index contributed by atoms with van der Waals surface area (Å²) >= 11 is 1.82. The third-order valence-electron chi connectivity index (χ3n) is 3.52. The highest BCUT2D eigenvalue weighted by molar-refractivity contribution is 7.10. The topological polar surface area (TPSA) is 28.2 Å². The standard InChI is InChI=1S/C15H19N3S.2ClH/c1-12-4-2-5-13(17-12)15(14-6-3-11-19-14)18-9-7-16-8-10-18;;/h2-6,11,15-16H,7-10H2,1H3;2*1H/t15-;;/m0../s1. The molecule has 1 aliphatic heterocycles. The summed E-state index contributed by atoms with van der Waals surface area (Å²) in [5, 5.41) is 5.57. The Morgan fingerprint density at radius 1 is 1.14 bits per heavy atom. The third kappa shape index (κ3) is 4.41. The summed E-state index contributed by atoms with van der Waals surface area (Å²) in [6.45, 7) is 6.35. The monoisotopic (exact) mass is 345 g/mol. The molecule has 3 rings (SSSR count). The first-order chi connectivity index (χ1) is 9.34. The number of piperazine rings is 1. The van der Waals surface area contributed by atoms with Gasteiger partial charge in [-0.2, -0.15) is 0 Å². The first kappa shape index (κ1) is 18.4. The zero-order valence-electron chi connectivity index (χ0n) is 12.0. The zero-order valence-corrected chi connectivity index (χ0v) is 14.4. The van der Waals surface area contributed by atoms with Crippen LogP contribution in [0.15, 0.2) is 35.7 Å². The molecule has 0 saturated carbocycles. The molecule has 1 N–H and O–H groups in total. The first-order valence-electron chi connectivity index (χ1n) is 6.76. The van der Waals surface area contributed by atoms with Gasteiger partial charge in [-0.25, -0.2) is 0 Å². The van der Waals surface area contributed by atoms with E-state index in [4.69, 9.17) is 4.98 Å². The van der Waals surface area contributed by atoms with Crippen molar-refractivity contribution >= 4 is 36.2 Å². The normalized spacial score (nSPS) is 16.6. The number of nitrogens with one attached hydrogen (secondary N) is 1. The fourth-order valence-electron chi connectivity index (χ4n) is 2.62. The molecule has 3 heterocycles. The highest BCUT2D eigenvalue weighted by atomic mass is 35.5. The van der Waals surface area contributed by atoms with Gasteiger partial charge in [0.25, 0.3) is 0 Å². The van der Waals surface area contributed by atoms with E-state index in [1.807, 2.05) is 11.3 Å².